The lowest BCUT2D eigenvalue weighted by Crippen LogP contribution is -2.07. The number of carbonyl (C=O) groups excluding carboxylic acids is 1. The molecule has 0 radical (unpaired) electrons. The first kappa shape index (κ1) is 21.5. The molecule has 3 heterocycles. The highest BCUT2D eigenvalue weighted by Gasteiger charge is 2.25. The van der Waals surface area contributed by atoms with E-state index >= 15 is 0 Å². The molecule has 3 aromatic heterocycles. The van der Waals surface area contributed by atoms with E-state index in [9.17, 15) is 13.6 Å². The van der Waals surface area contributed by atoms with Crippen LogP contribution in [0, 0.1) is 17.6 Å². The number of benzene rings is 1. The van der Waals surface area contributed by atoms with Gasteiger partial charge in [0.1, 0.15) is 17.3 Å². The molecule has 0 aliphatic heterocycles. The molecule has 1 aromatic carbocycles. The molecule has 0 N–H and O–H groups in total. The fourth-order valence-corrected chi connectivity index (χ4v) is 4.64. The molecule has 4 aromatic rings. The summed E-state index contributed by atoms with van der Waals surface area (Å²) in [6.45, 7) is 0. The maximum absolute atomic E-state index is 14.8. The van der Waals surface area contributed by atoms with Crippen molar-refractivity contribution in [1.29, 1.82) is 0 Å². The summed E-state index contributed by atoms with van der Waals surface area (Å²) in [5.41, 5.74) is 1.45. The van der Waals surface area contributed by atoms with E-state index in [-0.39, 0.29) is 23.5 Å². The lowest BCUT2D eigenvalue weighted by Gasteiger charge is -2.10. The number of ether oxygens (including phenoxy) is 2. The van der Waals surface area contributed by atoms with Gasteiger partial charge in [0.05, 0.1) is 34.1 Å². The van der Waals surface area contributed by atoms with E-state index in [1.807, 2.05) is 18.2 Å². The highest BCUT2D eigenvalue weighted by atomic mass is 32.1. The van der Waals surface area contributed by atoms with E-state index in [2.05, 4.69) is 9.97 Å². The standard InChI is InChI=1S/C25H20F2N2O3S/c1-31-17-5-6-18(29-13-17)22-12-19-25(33-22)21(8-9-28-19)32-20-7-4-15(23(26)24(20)27)11-16(30)10-14-2-3-14/h4-9,12-14H,2-3,10-11H2,1H3. The molecule has 8 heteroatoms. The van der Waals surface area contributed by atoms with Gasteiger partial charge in [0.25, 0.3) is 0 Å². The molecule has 5 rings (SSSR count). The summed E-state index contributed by atoms with van der Waals surface area (Å²) in [5, 5.41) is 0. The number of carbonyl (C=O) groups is 1. The van der Waals surface area contributed by atoms with Crippen LogP contribution in [0.5, 0.6) is 17.2 Å². The molecule has 1 saturated carbocycles. The van der Waals surface area contributed by atoms with E-state index in [4.69, 9.17) is 9.47 Å². The minimum Gasteiger partial charge on any atom is -0.495 e. The predicted molar refractivity (Wildman–Crippen MR) is 122 cm³/mol. The third-order valence-electron chi connectivity index (χ3n) is 5.55. The van der Waals surface area contributed by atoms with Gasteiger partial charge in [-0.25, -0.2) is 4.39 Å². The Hall–Kier alpha value is -3.39. The van der Waals surface area contributed by atoms with Crippen molar-refractivity contribution in [1.82, 2.24) is 9.97 Å². The Kier molecular flexibility index (Phi) is 5.76. The second-order valence-electron chi connectivity index (χ2n) is 8.03. The van der Waals surface area contributed by atoms with Crippen molar-refractivity contribution >= 4 is 27.3 Å². The number of Topliss-reactive ketones (excluding diaryl/α,β-unsaturated/α-hetero) is 1. The minimum absolute atomic E-state index is 0.0503. The molecule has 0 saturated heterocycles. The Morgan fingerprint density at radius 1 is 1.09 bits per heavy atom. The topological polar surface area (TPSA) is 61.3 Å². The molecule has 0 bridgehead atoms. The first-order chi connectivity index (χ1) is 16.0. The van der Waals surface area contributed by atoms with Crippen LogP contribution in [0.15, 0.2) is 48.8 Å². The number of aromatic nitrogens is 2. The van der Waals surface area contributed by atoms with E-state index < -0.39 is 11.6 Å². The van der Waals surface area contributed by atoms with E-state index in [0.717, 1.165) is 23.4 Å². The normalized spacial score (nSPS) is 13.3. The third kappa shape index (κ3) is 4.57. The number of halogens is 2. The van der Waals surface area contributed by atoms with Crippen LogP contribution in [0.1, 0.15) is 24.8 Å². The Balaban J connectivity index is 1.40. The molecule has 33 heavy (non-hydrogen) atoms. The number of rotatable bonds is 8. The molecular formula is C25H20F2N2O3S. The zero-order valence-corrected chi connectivity index (χ0v) is 18.6. The van der Waals surface area contributed by atoms with Gasteiger partial charge < -0.3 is 9.47 Å². The number of thiophene rings is 1. The van der Waals surface area contributed by atoms with Gasteiger partial charge in [0.15, 0.2) is 11.6 Å². The fourth-order valence-electron chi connectivity index (χ4n) is 3.60. The van der Waals surface area contributed by atoms with Crippen molar-refractivity contribution < 1.29 is 23.0 Å². The summed E-state index contributed by atoms with van der Waals surface area (Å²) >= 11 is 1.39. The number of nitrogens with zero attached hydrogens (tertiary/aromatic N) is 2. The zero-order valence-electron chi connectivity index (χ0n) is 17.8. The molecule has 1 fully saturated rings. The summed E-state index contributed by atoms with van der Waals surface area (Å²) in [6, 6.07) is 9.90. The molecule has 1 aliphatic carbocycles. The van der Waals surface area contributed by atoms with E-state index in [1.165, 1.54) is 23.5 Å². The van der Waals surface area contributed by atoms with Crippen LogP contribution < -0.4 is 9.47 Å². The summed E-state index contributed by atoms with van der Waals surface area (Å²) in [5.74, 6) is -1.04. The SMILES string of the molecule is COc1ccc(-c2cc3nccc(Oc4ccc(CC(=O)CC5CC5)c(F)c4F)c3s2)nc1. The van der Waals surface area contributed by atoms with Crippen LogP contribution >= 0.6 is 11.3 Å². The van der Waals surface area contributed by atoms with Crippen molar-refractivity contribution in [2.24, 2.45) is 5.92 Å². The second-order valence-corrected chi connectivity index (χ2v) is 9.09. The molecular weight excluding hydrogens is 446 g/mol. The third-order valence-corrected chi connectivity index (χ3v) is 6.71. The van der Waals surface area contributed by atoms with Crippen molar-refractivity contribution in [3.05, 3.63) is 66.0 Å². The first-order valence-corrected chi connectivity index (χ1v) is 11.4. The maximum atomic E-state index is 14.8. The maximum Gasteiger partial charge on any atom is 0.201 e. The van der Waals surface area contributed by atoms with Crippen LogP contribution in [0.3, 0.4) is 0 Å². The lowest BCUT2D eigenvalue weighted by atomic mass is 10.0. The molecule has 0 spiro atoms. The van der Waals surface area contributed by atoms with Crippen LogP contribution in [0.2, 0.25) is 0 Å². The van der Waals surface area contributed by atoms with Crippen molar-refractivity contribution in [3.8, 4) is 27.8 Å². The molecule has 0 unspecified atom stereocenters. The number of methoxy groups -OCH3 is 1. The highest BCUT2D eigenvalue weighted by molar-refractivity contribution is 7.22. The Bertz CT molecular complexity index is 1330. The lowest BCUT2D eigenvalue weighted by molar-refractivity contribution is -0.118. The average molecular weight is 467 g/mol. The molecule has 0 amide bonds. The summed E-state index contributed by atoms with van der Waals surface area (Å²) in [6.07, 6.45) is 5.57. The van der Waals surface area contributed by atoms with Crippen LogP contribution in [-0.4, -0.2) is 22.9 Å². The van der Waals surface area contributed by atoms with Gasteiger partial charge in [-0.05, 0) is 48.6 Å². The van der Waals surface area contributed by atoms with Gasteiger partial charge in [-0.1, -0.05) is 6.07 Å². The summed E-state index contributed by atoms with van der Waals surface area (Å²) < 4.78 is 41.0. The van der Waals surface area contributed by atoms with Crippen molar-refractivity contribution in [2.45, 2.75) is 25.7 Å². The zero-order chi connectivity index (χ0) is 22.9. The second kappa shape index (κ2) is 8.86. The number of fused-ring (bicyclic) bond motifs is 1. The van der Waals surface area contributed by atoms with E-state index in [1.54, 1.807) is 25.6 Å². The summed E-state index contributed by atoms with van der Waals surface area (Å²) in [7, 11) is 1.57. The number of ketones is 1. The Morgan fingerprint density at radius 3 is 2.67 bits per heavy atom. The highest BCUT2D eigenvalue weighted by Crippen LogP contribution is 2.40. The molecule has 0 atom stereocenters. The van der Waals surface area contributed by atoms with Gasteiger partial charge in [0, 0.05) is 25.1 Å². The van der Waals surface area contributed by atoms with Gasteiger partial charge in [-0.2, -0.15) is 4.39 Å². The Morgan fingerprint density at radius 2 is 1.94 bits per heavy atom. The quantitative estimate of drug-likeness (QED) is 0.303. The first-order valence-electron chi connectivity index (χ1n) is 10.6. The van der Waals surface area contributed by atoms with Gasteiger partial charge in [0.2, 0.25) is 5.82 Å². The predicted octanol–water partition coefficient (Wildman–Crippen LogP) is 6.35. The molecule has 1 aliphatic rings. The van der Waals surface area contributed by atoms with Crippen LogP contribution in [0.25, 0.3) is 20.8 Å². The fraction of sp³-hybridized carbons (Fsp3) is 0.240. The number of hydrogen-bond donors (Lipinski definition) is 0. The van der Waals surface area contributed by atoms with E-state index in [0.29, 0.717) is 34.1 Å². The monoisotopic (exact) mass is 466 g/mol. The van der Waals surface area contributed by atoms with Crippen molar-refractivity contribution in [3.63, 3.8) is 0 Å². The van der Waals surface area contributed by atoms with Gasteiger partial charge in [-0.15, -0.1) is 11.3 Å². The molecule has 5 nitrogen and oxygen atoms in total. The van der Waals surface area contributed by atoms with Gasteiger partial charge in [-0.3, -0.25) is 14.8 Å². The average Bonchev–Trinajstić information content (AvgIpc) is 3.52. The Labute approximate surface area is 193 Å². The van der Waals surface area contributed by atoms with Crippen molar-refractivity contribution in [2.75, 3.05) is 7.11 Å². The summed E-state index contributed by atoms with van der Waals surface area (Å²) in [4.78, 5) is 21.7. The smallest absolute Gasteiger partial charge is 0.201 e. The van der Waals surface area contributed by atoms with Crippen LogP contribution in [-0.2, 0) is 11.2 Å². The van der Waals surface area contributed by atoms with Crippen LogP contribution in [0.4, 0.5) is 8.78 Å². The van der Waals surface area contributed by atoms with Gasteiger partial charge >= 0.3 is 0 Å². The number of hydrogen-bond acceptors (Lipinski definition) is 6. The minimum atomic E-state index is -1.11. The number of pyridine rings is 2. The largest absolute Gasteiger partial charge is 0.495 e. The molecule has 168 valence electrons.